The van der Waals surface area contributed by atoms with E-state index in [1.165, 1.54) is 5.69 Å². The van der Waals surface area contributed by atoms with E-state index in [0.717, 1.165) is 24.3 Å². The molecule has 0 N–H and O–H groups in total. The molecule has 1 aliphatic heterocycles. The topological polar surface area (TPSA) is 43.1 Å². The van der Waals surface area contributed by atoms with Gasteiger partial charge in [0.1, 0.15) is 0 Å². The molecule has 0 bridgehead atoms. The van der Waals surface area contributed by atoms with Crippen LogP contribution in [0.4, 0.5) is 0 Å². The van der Waals surface area contributed by atoms with E-state index in [-0.39, 0.29) is 11.9 Å². The maximum atomic E-state index is 12.6. The van der Waals surface area contributed by atoms with Crippen molar-refractivity contribution in [2.24, 2.45) is 0 Å². The van der Waals surface area contributed by atoms with Crippen LogP contribution in [0.1, 0.15) is 24.2 Å². The Hall–Kier alpha value is -3.08. The van der Waals surface area contributed by atoms with Crippen molar-refractivity contribution in [3.05, 3.63) is 78.4 Å². The minimum Gasteiger partial charge on any atom is -0.348 e. The molecule has 3 aromatic rings. The average molecular weight is 332 g/mol. The van der Waals surface area contributed by atoms with Gasteiger partial charge in [-0.05, 0) is 37.3 Å². The number of hydrogen-bond acceptors (Lipinski definition) is 2. The zero-order valence-corrected chi connectivity index (χ0v) is 14.1. The van der Waals surface area contributed by atoms with E-state index in [1.807, 2.05) is 53.6 Å². The van der Waals surface area contributed by atoms with Crippen molar-refractivity contribution in [1.82, 2.24) is 19.2 Å². The van der Waals surface area contributed by atoms with Gasteiger partial charge in [-0.1, -0.05) is 18.2 Å². The summed E-state index contributed by atoms with van der Waals surface area (Å²) in [5, 5.41) is 4.35. The summed E-state index contributed by atoms with van der Waals surface area (Å²) in [5.41, 5.74) is 3.09. The van der Waals surface area contributed by atoms with Crippen LogP contribution in [0.3, 0.4) is 0 Å². The molecule has 3 heterocycles. The molecule has 1 amide bonds. The number of fused-ring (bicyclic) bond motifs is 1. The third kappa shape index (κ3) is 3.01. The van der Waals surface area contributed by atoms with Crippen LogP contribution < -0.4 is 0 Å². The maximum absolute atomic E-state index is 12.6. The Balaban J connectivity index is 1.47. The van der Waals surface area contributed by atoms with E-state index in [0.29, 0.717) is 0 Å². The Morgan fingerprint density at radius 2 is 2.00 bits per heavy atom. The monoisotopic (exact) mass is 332 g/mol. The van der Waals surface area contributed by atoms with Gasteiger partial charge in [-0.2, -0.15) is 5.10 Å². The maximum Gasteiger partial charge on any atom is 0.247 e. The van der Waals surface area contributed by atoms with Gasteiger partial charge in [0.05, 0.1) is 17.9 Å². The van der Waals surface area contributed by atoms with E-state index in [2.05, 4.69) is 28.9 Å². The van der Waals surface area contributed by atoms with E-state index in [4.69, 9.17) is 0 Å². The van der Waals surface area contributed by atoms with Gasteiger partial charge in [0.2, 0.25) is 5.91 Å². The molecule has 1 unspecified atom stereocenters. The first kappa shape index (κ1) is 15.4. The van der Waals surface area contributed by atoms with Crippen molar-refractivity contribution in [2.45, 2.75) is 19.5 Å². The minimum absolute atomic E-state index is 0.0346. The molecule has 0 aliphatic carbocycles. The third-order valence-electron chi connectivity index (χ3n) is 4.67. The van der Waals surface area contributed by atoms with Crippen molar-refractivity contribution >= 4 is 12.0 Å². The molecular weight excluding hydrogens is 312 g/mol. The number of hydrogen-bond donors (Lipinski definition) is 0. The van der Waals surface area contributed by atoms with Crippen molar-refractivity contribution in [3.8, 4) is 5.69 Å². The average Bonchev–Trinajstić information content (AvgIpc) is 3.30. The fraction of sp³-hybridized carbons (Fsp3) is 0.200. The van der Waals surface area contributed by atoms with E-state index >= 15 is 0 Å². The number of aromatic nitrogens is 3. The molecule has 0 radical (unpaired) electrons. The van der Waals surface area contributed by atoms with Crippen molar-refractivity contribution in [1.29, 1.82) is 0 Å². The third-order valence-corrected chi connectivity index (χ3v) is 4.67. The highest BCUT2D eigenvalue weighted by Crippen LogP contribution is 2.25. The van der Waals surface area contributed by atoms with Crippen molar-refractivity contribution in [2.75, 3.05) is 6.54 Å². The Kier molecular flexibility index (Phi) is 3.98. The number of para-hydroxylation sites is 1. The standard InChI is InChI=1S/C20H20N4O/c1-16-19-8-5-11-22(19)12-13-23(16)20(25)10-9-17-14-21-24(15-17)18-6-3-2-4-7-18/h2-11,14-16H,12-13H2,1H3. The zero-order valence-electron chi connectivity index (χ0n) is 14.1. The number of amides is 1. The molecule has 5 nitrogen and oxygen atoms in total. The molecule has 1 atom stereocenters. The van der Waals surface area contributed by atoms with Gasteiger partial charge in [-0.15, -0.1) is 0 Å². The van der Waals surface area contributed by atoms with Gasteiger partial charge in [0, 0.05) is 42.8 Å². The summed E-state index contributed by atoms with van der Waals surface area (Å²) in [6, 6.07) is 14.1. The fourth-order valence-electron chi connectivity index (χ4n) is 3.29. The highest BCUT2D eigenvalue weighted by Gasteiger charge is 2.25. The predicted octanol–water partition coefficient (Wildman–Crippen LogP) is 3.29. The van der Waals surface area contributed by atoms with E-state index in [9.17, 15) is 4.79 Å². The van der Waals surface area contributed by atoms with Crippen LogP contribution in [0, 0.1) is 0 Å². The lowest BCUT2D eigenvalue weighted by Crippen LogP contribution is -2.39. The minimum atomic E-state index is 0.0346. The van der Waals surface area contributed by atoms with Crippen LogP contribution in [0.5, 0.6) is 0 Å². The molecule has 0 saturated heterocycles. The molecule has 4 rings (SSSR count). The summed E-state index contributed by atoms with van der Waals surface area (Å²) in [6.07, 6.45) is 9.23. The van der Waals surface area contributed by atoms with Crippen LogP contribution in [-0.2, 0) is 11.3 Å². The molecule has 0 spiro atoms. The summed E-state index contributed by atoms with van der Waals surface area (Å²) in [6.45, 7) is 3.65. The first-order chi connectivity index (χ1) is 12.2. The first-order valence-corrected chi connectivity index (χ1v) is 8.46. The Morgan fingerprint density at radius 3 is 2.84 bits per heavy atom. The largest absolute Gasteiger partial charge is 0.348 e. The number of rotatable bonds is 3. The fourth-order valence-corrected chi connectivity index (χ4v) is 3.29. The molecule has 1 aromatic carbocycles. The molecule has 126 valence electrons. The lowest BCUT2D eigenvalue weighted by atomic mass is 10.1. The van der Waals surface area contributed by atoms with Crippen molar-refractivity contribution < 1.29 is 4.79 Å². The molecule has 1 aliphatic rings. The summed E-state index contributed by atoms with van der Waals surface area (Å²) < 4.78 is 4.02. The number of benzene rings is 1. The molecule has 5 heteroatoms. The zero-order chi connectivity index (χ0) is 17.2. The summed E-state index contributed by atoms with van der Waals surface area (Å²) in [5.74, 6) is 0.0346. The summed E-state index contributed by atoms with van der Waals surface area (Å²) in [4.78, 5) is 14.5. The smallest absolute Gasteiger partial charge is 0.247 e. The van der Waals surface area contributed by atoms with E-state index in [1.54, 1.807) is 17.0 Å². The predicted molar refractivity (Wildman–Crippen MR) is 97.2 cm³/mol. The summed E-state index contributed by atoms with van der Waals surface area (Å²) in [7, 11) is 0. The van der Waals surface area contributed by atoms with Crippen LogP contribution in [-0.4, -0.2) is 31.7 Å². The first-order valence-electron chi connectivity index (χ1n) is 8.46. The molecule has 25 heavy (non-hydrogen) atoms. The molecule has 2 aromatic heterocycles. The van der Waals surface area contributed by atoms with Crippen LogP contribution in [0.15, 0.2) is 67.1 Å². The lowest BCUT2D eigenvalue weighted by Gasteiger charge is -2.34. The van der Waals surface area contributed by atoms with Gasteiger partial charge >= 0.3 is 0 Å². The van der Waals surface area contributed by atoms with Crippen LogP contribution in [0.2, 0.25) is 0 Å². The second-order valence-electron chi connectivity index (χ2n) is 6.22. The van der Waals surface area contributed by atoms with Gasteiger partial charge in [-0.3, -0.25) is 4.79 Å². The number of carbonyl (C=O) groups is 1. The van der Waals surface area contributed by atoms with Gasteiger partial charge in [0.15, 0.2) is 0 Å². The van der Waals surface area contributed by atoms with Gasteiger partial charge in [-0.25, -0.2) is 4.68 Å². The Bertz CT molecular complexity index is 907. The summed E-state index contributed by atoms with van der Waals surface area (Å²) >= 11 is 0. The number of nitrogens with zero attached hydrogens (tertiary/aromatic N) is 4. The molecular formula is C20H20N4O. The van der Waals surface area contributed by atoms with Crippen LogP contribution in [0.25, 0.3) is 11.8 Å². The normalized spacial score (nSPS) is 17.0. The van der Waals surface area contributed by atoms with E-state index < -0.39 is 0 Å². The number of carbonyl (C=O) groups excluding carboxylic acids is 1. The Labute approximate surface area is 146 Å². The highest BCUT2D eigenvalue weighted by atomic mass is 16.2. The SMILES string of the molecule is CC1c2cccn2CCN1C(=O)C=Cc1cnn(-c2ccccc2)c1. The molecule has 0 saturated carbocycles. The molecule has 0 fully saturated rings. The second-order valence-corrected chi connectivity index (χ2v) is 6.22. The lowest BCUT2D eigenvalue weighted by molar-refractivity contribution is -0.129. The van der Waals surface area contributed by atoms with Crippen LogP contribution >= 0.6 is 0 Å². The van der Waals surface area contributed by atoms with Gasteiger partial charge in [0.25, 0.3) is 0 Å². The van der Waals surface area contributed by atoms with Crippen molar-refractivity contribution in [3.63, 3.8) is 0 Å². The second kappa shape index (κ2) is 6.43. The quantitative estimate of drug-likeness (QED) is 0.691. The Morgan fingerprint density at radius 1 is 1.16 bits per heavy atom. The highest BCUT2D eigenvalue weighted by molar-refractivity contribution is 5.92. The van der Waals surface area contributed by atoms with Gasteiger partial charge < -0.3 is 9.47 Å².